The Kier molecular flexibility index (Phi) is 4.95. The van der Waals surface area contributed by atoms with E-state index in [-0.39, 0.29) is 17.9 Å². The number of benzene rings is 1. The van der Waals surface area contributed by atoms with Crippen LogP contribution in [0.5, 0.6) is 0 Å². The van der Waals surface area contributed by atoms with E-state index in [1.54, 1.807) is 12.1 Å². The first-order valence-corrected chi connectivity index (χ1v) is 7.12. The van der Waals surface area contributed by atoms with E-state index in [4.69, 9.17) is 0 Å². The Labute approximate surface area is 119 Å². The van der Waals surface area contributed by atoms with Crippen molar-refractivity contribution in [3.8, 4) is 0 Å². The van der Waals surface area contributed by atoms with Gasteiger partial charge in [0.1, 0.15) is 5.82 Å². The molecule has 1 aliphatic heterocycles. The van der Waals surface area contributed by atoms with Crippen LogP contribution in [0.25, 0.3) is 0 Å². The minimum atomic E-state index is -0.354. The maximum atomic E-state index is 13.0. The molecule has 1 saturated heterocycles. The van der Waals surface area contributed by atoms with Gasteiger partial charge in [0, 0.05) is 30.9 Å². The van der Waals surface area contributed by atoms with Gasteiger partial charge >= 0.3 is 6.03 Å². The quantitative estimate of drug-likeness (QED) is 0.893. The SMILES string of the molecule is CC(C)N1CCC(NC(=O)Nc2cccc(F)c2)CC1. The highest BCUT2D eigenvalue weighted by molar-refractivity contribution is 5.89. The van der Waals surface area contributed by atoms with Crippen molar-refractivity contribution < 1.29 is 9.18 Å². The van der Waals surface area contributed by atoms with E-state index >= 15 is 0 Å². The Morgan fingerprint density at radius 3 is 2.65 bits per heavy atom. The molecule has 2 N–H and O–H groups in total. The monoisotopic (exact) mass is 279 g/mol. The molecule has 1 fully saturated rings. The van der Waals surface area contributed by atoms with Gasteiger partial charge in [0.2, 0.25) is 0 Å². The van der Waals surface area contributed by atoms with Crippen LogP contribution in [0.15, 0.2) is 24.3 Å². The molecule has 110 valence electrons. The summed E-state index contributed by atoms with van der Waals surface area (Å²) in [7, 11) is 0. The lowest BCUT2D eigenvalue weighted by atomic mass is 10.0. The molecular formula is C15H22FN3O. The number of nitrogens with zero attached hydrogens (tertiary/aromatic N) is 1. The first kappa shape index (κ1) is 14.8. The average molecular weight is 279 g/mol. The number of carbonyl (C=O) groups is 1. The molecule has 2 amide bonds. The van der Waals surface area contributed by atoms with Crippen LogP contribution in [0, 0.1) is 5.82 Å². The molecule has 0 aliphatic carbocycles. The van der Waals surface area contributed by atoms with Gasteiger partial charge in [0.25, 0.3) is 0 Å². The number of hydrogen-bond acceptors (Lipinski definition) is 2. The summed E-state index contributed by atoms with van der Waals surface area (Å²) in [6, 6.07) is 6.39. The number of halogens is 1. The van der Waals surface area contributed by atoms with Crippen LogP contribution in [0.3, 0.4) is 0 Å². The highest BCUT2D eigenvalue weighted by atomic mass is 19.1. The predicted molar refractivity (Wildman–Crippen MR) is 78.3 cm³/mol. The number of piperidine rings is 1. The Bertz CT molecular complexity index is 456. The normalized spacial score (nSPS) is 17.2. The molecule has 0 atom stereocenters. The smallest absolute Gasteiger partial charge is 0.319 e. The third-order valence-corrected chi connectivity index (χ3v) is 3.68. The molecule has 0 saturated carbocycles. The maximum absolute atomic E-state index is 13.0. The van der Waals surface area contributed by atoms with Gasteiger partial charge < -0.3 is 15.5 Å². The Hall–Kier alpha value is -1.62. The molecule has 20 heavy (non-hydrogen) atoms. The predicted octanol–water partition coefficient (Wildman–Crippen LogP) is 2.82. The lowest BCUT2D eigenvalue weighted by Gasteiger charge is -2.34. The average Bonchev–Trinajstić information content (AvgIpc) is 2.39. The van der Waals surface area contributed by atoms with Crippen molar-refractivity contribution in [3.63, 3.8) is 0 Å². The topological polar surface area (TPSA) is 44.4 Å². The van der Waals surface area contributed by atoms with Crippen LogP contribution >= 0.6 is 0 Å². The molecule has 1 aromatic carbocycles. The van der Waals surface area contributed by atoms with Crippen LogP contribution in [-0.4, -0.2) is 36.1 Å². The van der Waals surface area contributed by atoms with Crippen molar-refractivity contribution in [3.05, 3.63) is 30.1 Å². The number of urea groups is 1. The van der Waals surface area contributed by atoms with Crippen molar-refractivity contribution in [1.82, 2.24) is 10.2 Å². The summed E-state index contributed by atoms with van der Waals surface area (Å²) < 4.78 is 13.0. The van der Waals surface area contributed by atoms with Gasteiger partial charge in [-0.15, -0.1) is 0 Å². The molecule has 0 bridgehead atoms. The molecule has 4 nitrogen and oxygen atoms in total. The second-order valence-corrected chi connectivity index (χ2v) is 5.51. The van der Waals surface area contributed by atoms with Crippen LogP contribution < -0.4 is 10.6 Å². The largest absolute Gasteiger partial charge is 0.335 e. The van der Waals surface area contributed by atoms with E-state index in [2.05, 4.69) is 29.4 Å². The number of likely N-dealkylation sites (tertiary alicyclic amines) is 1. The first-order chi connectivity index (χ1) is 9.54. The number of rotatable bonds is 3. The second kappa shape index (κ2) is 6.70. The fraction of sp³-hybridized carbons (Fsp3) is 0.533. The number of nitrogens with one attached hydrogen (secondary N) is 2. The molecule has 0 spiro atoms. The van der Waals surface area contributed by atoms with Crippen LogP contribution in [0.2, 0.25) is 0 Å². The lowest BCUT2D eigenvalue weighted by molar-refractivity contribution is 0.163. The minimum absolute atomic E-state index is 0.193. The van der Waals surface area contributed by atoms with Crippen molar-refractivity contribution in [2.24, 2.45) is 0 Å². The number of hydrogen-bond donors (Lipinski definition) is 2. The molecule has 2 rings (SSSR count). The molecular weight excluding hydrogens is 257 g/mol. The van der Waals surface area contributed by atoms with Gasteiger partial charge in [0.05, 0.1) is 0 Å². The van der Waals surface area contributed by atoms with Gasteiger partial charge in [-0.25, -0.2) is 9.18 Å². The zero-order valence-corrected chi connectivity index (χ0v) is 12.0. The molecule has 1 heterocycles. The summed E-state index contributed by atoms with van der Waals surface area (Å²) >= 11 is 0. The van der Waals surface area contributed by atoms with Gasteiger partial charge in [-0.3, -0.25) is 0 Å². The van der Waals surface area contributed by atoms with Crippen molar-refractivity contribution in [1.29, 1.82) is 0 Å². The van der Waals surface area contributed by atoms with E-state index in [1.165, 1.54) is 12.1 Å². The maximum Gasteiger partial charge on any atom is 0.319 e. The fourth-order valence-electron chi connectivity index (χ4n) is 2.48. The van der Waals surface area contributed by atoms with Gasteiger partial charge in [-0.1, -0.05) is 6.07 Å². The van der Waals surface area contributed by atoms with Crippen molar-refractivity contribution >= 4 is 11.7 Å². The third kappa shape index (κ3) is 4.20. The van der Waals surface area contributed by atoms with Crippen molar-refractivity contribution in [2.45, 2.75) is 38.8 Å². The summed E-state index contributed by atoms with van der Waals surface area (Å²) in [5, 5.41) is 5.61. The van der Waals surface area contributed by atoms with Crippen molar-refractivity contribution in [2.75, 3.05) is 18.4 Å². The van der Waals surface area contributed by atoms with Gasteiger partial charge in [-0.05, 0) is 44.9 Å². The van der Waals surface area contributed by atoms with Crippen LogP contribution in [0.1, 0.15) is 26.7 Å². The number of amides is 2. The van der Waals surface area contributed by atoms with E-state index in [1.807, 2.05) is 0 Å². The first-order valence-electron chi connectivity index (χ1n) is 7.12. The van der Waals surface area contributed by atoms with Gasteiger partial charge in [-0.2, -0.15) is 0 Å². The highest BCUT2D eigenvalue weighted by Gasteiger charge is 2.21. The van der Waals surface area contributed by atoms with Crippen LogP contribution in [0.4, 0.5) is 14.9 Å². The Morgan fingerprint density at radius 1 is 1.35 bits per heavy atom. The zero-order valence-electron chi connectivity index (χ0n) is 12.0. The lowest BCUT2D eigenvalue weighted by Crippen LogP contribution is -2.47. The summed E-state index contributed by atoms with van der Waals surface area (Å²) in [5.41, 5.74) is 0.474. The van der Waals surface area contributed by atoms with E-state index < -0.39 is 0 Å². The minimum Gasteiger partial charge on any atom is -0.335 e. The summed E-state index contributed by atoms with van der Waals surface area (Å²) in [5.74, 6) is -0.354. The molecule has 1 aromatic rings. The van der Waals surface area contributed by atoms with E-state index in [9.17, 15) is 9.18 Å². The molecule has 0 radical (unpaired) electrons. The van der Waals surface area contributed by atoms with E-state index in [0.717, 1.165) is 25.9 Å². The zero-order chi connectivity index (χ0) is 14.5. The van der Waals surface area contributed by atoms with Crippen LogP contribution in [-0.2, 0) is 0 Å². The summed E-state index contributed by atoms with van der Waals surface area (Å²) in [4.78, 5) is 14.3. The second-order valence-electron chi connectivity index (χ2n) is 5.51. The molecule has 1 aliphatic rings. The Balaban J connectivity index is 1.78. The highest BCUT2D eigenvalue weighted by Crippen LogP contribution is 2.13. The summed E-state index contributed by atoms with van der Waals surface area (Å²) in [6.45, 7) is 6.37. The number of carbonyl (C=O) groups excluding carboxylic acids is 1. The fourth-order valence-corrected chi connectivity index (χ4v) is 2.48. The molecule has 0 unspecified atom stereocenters. The number of anilines is 1. The van der Waals surface area contributed by atoms with E-state index in [0.29, 0.717) is 11.7 Å². The molecule has 5 heteroatoms. The third-order valence-electron chi connectivity index (χ3n) is 3.68. The standard InChI is InChI=1S/C15H22FN3O/c1-11(2)19-8-6-13(7-9-19)17-15(20)18-14-5-3-4-12(16)10-14/h3-5,10-11,13H,6-9H2,1-2H3,(H2,17,18,20). The Morgan fingerprint density at radius 2 is 2.05 bits per heavy atom. The van der Waals surface area contributed by atoms with Gasteiger partial charge in [0.15, 0.2) is 0 Å². The molecule has 0 aromatic heterocycles. The summed E-state index contributed by atoms with van der Waals surface area (Å²) in [6.07, 6.45) is 1.91.